The van der Waals surface area contributed by atoms with Crippen LogP contribution in [0.2, 0.25) is 0 Å². The van der Waals surface area contributed by atoms with Crippen molar-refractivity contribution in [2.45, 2.75) is 20.1 Å². The van der Waals surface area contributed by atoms with Crippen molar-refractivity contribution in [1.29, 1.82) is 0 Å². The molecule has 0 fully saturated rings. The predicted molar refractivity (Wildman–Crippen MR) is 101 cm³/mol. The molecule has 0 saturated heterocycles. The van der Waals surface area contributed by atoms with Gasteiger partial charge in [-0.25, -0.2) is 0 Å². The molecule has 0 aliphatic carbocycles. The Balaban J connectivity index is 1.96. The van der Waals surface area contributed by atoms with Gasteiger partial charge in [-0.2, -0.15) is 8.78 Å². The molecule has 0 aliphatic heterocycles. The minimum absolute atomic E-state index is 0.0239. The molecule has 152 valence electrons. The number of benzene rings is 2. The number of para-hydroxylation sites is 2. The van der Waals surface area contributed by atoms with E-state index in [-0.39, 0.29) is 24.0 Å². The number of nitrogens with one attached hydrogen (secondary N) is 2. The lowest BCUT2D eigenvalue weighted by Crippen LogP contribution is -3.08. The Bertz CT molecular complexity index is 787. The summed E-state index contributed by atoms with van der Waals surface area (Å²) in [6, 6.07) is 12.0. The molecule has 0 spiro atoms. The number of quaternary nitrogens is 1. The summed E-state index contributed by atoms with van der Waals surface area (Å²) in [6.07, 6.45) is 0. The van der Waals surface area contributed by atoms with Crippen molar-refractivity contribution in [2.75, 3.05) is 32.6 Å². The third kappa shape index (κ3) is 6.38. The largest absolute Gasteiger partial charge is 0.493 e. The molecule has 1 atom stereocenters. The molecule has 0 heterocycles. The third-order valence-electron chi connectivity index (χ3n) is 3.87. The lowest BCUT2D eigenvalue weighted by molar-refractivity contribution is -0.885. The van der Waals surface area contributed by atoms with Crippen molar-refractivity contribution < 1.29 is 32.7 Å². The average molecular weight is 395 g/mol. The number of rotatable bonds is 10. The third-order valence-corrected chi connectivity index (χ3v) is 3.87. The van der Waals surface area contributed by atoms with Crippen LogP contribution in [-0.2, 0) is 11.3 Å². The summed E-state index contributed by atoms with van der Waals surface area (Å²) < 4.78 is 39.8. The highest BCUT2D eigenvalue weighted by molar-refractivity contribution is 5.92. The zero-order chi connectivity index (χ0) is 20.5. The number of ether oxygens (including phenoxy) is 3. The van der Waals surface area contributed by atoms with E-state index < -0.39 is 6.61 Å². The number of carbonyl (C=O) groups is 1. The number of hydrogen-bond donors (Lipinski definition) is 2. The number of alkyl halides is 2. The first kappa shape index (κ1) is 21.4. The SMILES string of the molecule is CCOc1ccccc1NC(=O)C[NH+](C)Cc1ccc(OC(F)F)c(OC)c1. The summed E-state index contributed by atoms with van der Waals surface area (Å²) in [6.45, 7) is 0.189. The normalized spacial score (nSPS) is 11.8. The van der Waals surface area contributed by atoms with E-state index in [0.29, 0.717) is 24.6 Å². The second-order valence-electron chi connectivity index (χ2n) is 6.15. The standard InChI is InChI=1S/C20H24F2N2O4/c1-4-27-16-8-6-5-7-15(16)23-19(25)13-24(2)12-14-9-10-17(28-20(21)22)18(11-14)26-3/h5-11,20H,4,12-13H2,1-3H3,(H,23,25)/p+1. The van der Waals surface area contributed by atoms with E-state index in [1.165, 1.54) is 13.2 Å². The minimum Gasteiger partial charge on any atom is -0.493 e. The summed E-state index contributed by atoms with van der Waals surface area (Å²) in [5.41, 5.74) is 1.45. The fourth-order valence-corrected chi connectivity index (χ4v) is 2.75. The first-order valence-corrected chi connectivity index (χ1v) is 8.87. The van der Waals surface area contributed by atoms with Gasteiger partial charge in [0.25, 0.3) is 5.91 Å². The summed E-state index contributed by atoms with van der Waals surface area (Å²) in [7, 11) is 3.25. The van der Waals surface area contributed by atoms with Crippen molar-refractivity contribution in [3.05, 3.63) is 48.0 Å². The quantitative estimate of drug-likeness (QED) is 0.648. The maximum Gasteiger partial charge on any atom is 0.387 e. The fourth-order valence-electron chi connectivity index (χ4n) is 2.75. The van der Waals surface area contributed by atoms with Gasteiger partial charge >= 0.3 is 6.61 Å². The van der Waals surface area contributed by atoms with Crippen LogP contribution >= 0.6 is 0 Å². The van der Waals surface area contributed by atoms with E-state index in [9.17, 15) is 13.6 Å². The summed E-state index contributed by atoms with van der Waals surface area (Å²) in [4.78, 5) is 13.3. The Labute approximate surface area is 163 Å². The Kier molecular flexibility index (Phi) is 8.01. The van der Waals surface area contributed by atoms with Crippen LogP contribution in [0.15, 0.2) is 42.5 Å². The second kappa shape index (κ2) is 10.5. The molecule has 0 saturated carbocycles. The van der Waals surface area contributed by atoms with Gasteiger partial charge in [0, 0.05) is 5.56 Å². The number of methoxy groups -OCH3 is 1. The Morgan fingerprint density at radius 1 is 1.14 bits per heavy atom. The van der Waals surface area contributed by atoms with E-state index in [1.807, 2.05) is 26.1 Å². The lowest BCUT2D eigenvalue weighted by atomic mass is 10.2. The molecule has 0 aliphatic rings. The molecule has 2 aromatic carbocycles. The molecule has 2 N–H and O–H groups in total. The summed E-state index contributed by atoms with van der Waals surface area (Å²) >= 11 is 0. The van der Waals surface area contributed by atoms with Gasteiger partial charge in [0.05, 0.1) is 26.5 Å². The molecule has 6 nitrogen and oxygen atoms in total. The molecule has 8 heteroatoms. The second-order valence-corrected chi connectivity index (χ2v) is 6.15. The van der Waals surface area contributed by atoms with Crippen LogP contribution in [0, 0.1) is 0 Å². The van der Waals surface area contributed by atoms with Crippen LogP contribution in [0.1, 0.15) is 12.5 Å². The fraction of sp³-hybridized carbons (Fsp3) is 0.350. The van der Waals surface area contributed by atoms with Crippen molar-refractivity contribution in [2.24, 2.45) is 0 Å². The van der Waals surface area contributed by atoms with Gasteiger partial charge in [-0.3, -0.25) is 4.79 Å². The summed E-state index contributed by atoms with van der Waals surface area (Å²) in [5.74, 6) is 0.662. The van der Waals surface area contributed by atoms with Crippen molar-refractivity contribution in [3.8, 4) is 17.2 Å². The van der Waals surface area contributed by atoms with Crippen LogP contribution in [-0.4, -0.2) is 39.8 Å². The van der Waals surface area contributed by atoms with Crippen molar-refractivity contribution >= 4 is 11.6 Å². The smallest absolute Gasteiger partial charge is 0.387 e. The van der Waals surface area contributed by atoms with E-state index in [0.717, 1.165) is 10.5 Å². The van der Waals surface area contributed by atoms with Gasteiger partial charge in [0.2, 0.25) is 0 Å². The zero-order valence-electron chi connectivity index (χ0n) is 16.1. The van der Waals surface area contributed by atoms with Crippen molar-refractivity contribution in [3.63, 3.8) is 0 Å². The number of likely N-dealkylation sites (N-methyl/N-ethyl adjacent to an activating group) is 1. The predicted octanol–water partition coefficient (Wildman–Crippen LogP) is 2.35. The topological polar surface area (TPSA) is 61.2 Å². The van der Waals surface area contributed by atoms with Crippen molar-refractivity contribution in [1.82, 2.24) is 0 Å². The monoisotopic (exact) mass is 395 g/mol. The zero-order valence-corrected chi connectivity index (χ0v) is 16.1. The van der Waals surface area contributed by atoms with Gasteiger partial charge < -0.3 is 24.4 Å². The van der Waals surface area contributed by atoms with Gasteiger partial charge in [-0.1, -0.05) is 12.1 Å². The maximum atomic E-state index is 12.4. The Morgan fingerprint density at radius 2 is 1.89 bits per heavy atom. The maximum absolute atomic E-state index is 12.4. The Morgan fingerprint density at radius 3 is 2.57 bits per heavy atom. The van der Waals surface area contributed by atoms with E-state index in [2.05, 4.69) is 10.1 Å². The number of amides is 1. The van der Waals surface area contributed by atoms with E-state index >= 15 is 0 Å². The first-order chi connectivity index (χ1) is 13.4. The molecule has 0 radical (unpaired) electrons. The van der Waals surface area contributed by atoms with Gasteiger partial charge in [-0.15, -0.1) is 0 Å². The summed E-state index contributed by atoms with van der Waals surface area (Å²) in [5, 5.41) is 2.85. The minimum atomic E-state index is -2.92. The Hall–Kier alpha value is -2.87. The molecule has 2 aromatic rings. The van der Waals surface area contributed by atoms with E-state index in [1.54, 1.807) is 24.3 Å². The molecule has 0 bridgehead atoms. The number of anilines is 1. The first-order valence-electron chi connectivity index (χ1n) is 8.87. The molecular formula is C20H25F2N2O4+. The van der Waals surface area contributed by atoms with Crippen LogP contribution in [0.4, 0.5) is 14.5 Å². The van der Waals surface area contributed by atoms with Crippen LogP contribution in [0.3, 0.4) is 0 Å². The van der Waals surface area contributed by atoms with Crippen LogP contribution in [0.25, 0.3) is 0 Å². The molecule has 28 heavy (non-hydrogen) atoms. The highest BCUT2D eigenvalue weighted by Gasteiger charge is 2.15. The van der Waals surface area contributed by atoms with Gasteiger partial charge in [0.15, 0.2) is 18.0 Å². The van der Waals surface area contributed by atoms with E-state index in [4.69, 9.17) is 9.47 Å². The molecule has 1 amide bonds. The van der Waals surface area contributed by atoms with Gasteiger partial charge in [0.1, 0.15) is 12.3 Å². The number of carbonyl (C=O) groups excluding carboxylic acids is 1. The lowest BCUT2D eigenvalue weighted by Gasteiger charge is -2.16. The molecule has 0 aromatic heterocycles. The average Bonchev–Trinajstić information content (AvgIpc) is 2.64. The van der Waals surface area contributed by atoms with Gasteiger partial charge in [-0.05, 0) is 37.3 Å². The number of halogens is 2. The van der Waals surface area contributed by atoms with Crippen LogP contribution < -0.4 is 24.4 Å². The number of hydrogen-bond acceptors (Lipinski definition) is 4. The molecular weight excluding hydrogens is 370 g/mol. The highest BCUT2D eigenvalue weighted by Crippen LogP contribution is 2.29. The highest BCUT2D eigenvalue weighted by atomic mass is 19.3. The van der Waals surface area contributed by atoms with Crippen LogP contribution in [0.5, 0.6) is 17.2 Å². The molecule has 2 rings (SSSR count). The molecule has 1 unspecified atom stereocenters.